The van der Waals surface area contributed by atoms with Crippen LogP contribution in [0.3, 0.4) is 0 Å². The first kappa shape index (κ1) is 17.3. The zero-order valence-electron chi connectivity index (χ0n) is 14.2. The number of hydrogen-bond donors (Lipinski definition) is 0. The van der Waals surface area contributed by atoms with Gasteiger partial charge in [-0.2, -0.15) is 4.31 Å². The van der Waals surface area contributed by atoms with Crippen LogP contribution in [0, 0.1) is 6.92 Å². The summed E-state index contributed by atoms with van der Waals surface area (Å²) < 4.78 is 27.4. The van der Waals surface area contributed by atoms with Crippen molar-refractivity contribution in [2.75, 3.05) is 6.26 Å². The van der Waals surface area contributed by atoms with Gasteiger partial charge in [-0.15, -0.1) is 5.10 Å². The summed E-state index contributed by atoms with van der Waals surface area (Å²) in [4.78, 5) is 0. The van der Waals surface area contributed by atoms with Gasteiger partial charge in [-0.25, -0.2) is 13.1 Å². The highest BCUT2D eigenvalue weighted by Crippen LogP contribution is 2.15. The molecule has 0 aliphatic rings. The van der Waals surface area contributed by atoms with E-state index in [0.717, 1.165) is 22.5 Å². The van der Waals surface area contributed by atoms with Crippen LogP contribution >= 0.6 is 0 Å². The van der Waals surface area contributed by atoms with E-state index >= 15 is 0 Å². The fourth-order valence-corrected chi connectivity index (χ4v) is 3.28. The molecular formula is C18H20N4O2S. The summed E-state index contributed by atoms with van der Waals surface area (Å²) in [5.74, 6) is 0. The van der Waals surface area contributed by atoms with Gasteiger partial charge in [-0.3, -0.25) is 0 Å². The van der Waals surface area contributed by atoms with E-state index in [1.165, 1.54) is 10.6 Å². The van der Waals surface area contributed by atoms with E-state index in [9.17, 15) is 8.42 Å². The first-order valence-electron chi connectivity index (χ1n) is 7.89. The quantitative estimate of drug-likeness (QED) is 0.681. The normalized spacial score (nSPS) is 11.8. The van der Waals surface area contributed by atoms with E-state index in [1.807, 2.05) is 67.7 Å². The van der Waals surface area contributed by atoms with Crippen molar-refractivity contribution in [1.29, 1.82) is 0 Å². The van der Waals surface area contributed by atoms with E-state index in [0.29, 0.717) is 13.1 Å². The fourth-order valence-electron chi connectivity index (χ4n) is 2.51. The van der Waals surface area contributed by atoms with E-state index in [4.69, 9.17) is 0 Å². The minimum atomic E-state index is -3.31. The molecule has 3 aromatic rings. The maximum absolute atomic E-state index is 12.1. The van der Waals surface area contributed by atoms with Crippen LogP contribution in [0.25, 0.3) is 5.69 Å². The molecule has 0 bridgehead atoms. The molecule has 2 aromatic carbocycles. The van der Waals surface area contributed by atoms with Crippen molar-refractivity contribution in [3.05, 3.63) is 77.6 Å². The van der Waals surface area contributed by atoms with Crippen LogP contribution < -0.4 is 0 Å². The van der Waals surface area contributed by atoms with Crippen LogP contribution in [-0.4, -0.2) is 34.0 Å². The van der Waals surface area contributed by atoms with Crippen molar-refractivity contribution in [1.82, 2.24) is 19.3 Å². The lowest BCUT2D eigenvalue weighted by Gasteiger charge is -2.20. The number of rotatable bonds is 6. The van der Waals surface area contributed by atoms with Gasteiger partial charge in [0.15, 0.2) is 0 Å². The molecule has 0 N–H and O–H groups in total. The van der Waals surface area contributed by atoms with E-state index in [2.05, 4.69) is 10.3 Å². The summed E-state index contributed by atoms with van der Waals surface area (Å²) in [6, 6.07) is 17.2. The van der Waals surface area contributed by atoms with Crippen LogP contribution in [0.2, 0.25) is 0 Å². The minimum Gasteiger partial charge on any atom is -0.220 e. The van der Waals surface area contributed by atoms with Gasteiger partial charge in [0.1, 0.15) is 0 Å². The van der Waals surface area contributed by atoms with Crippen molar-refractivity contribution >= 4 is 10.0 Å². The number of aryl methyl sites for hydroxylation is 1. The minimum absolute atomic E-state index is 0.324. The third-order valence-corrected chi connectivity index (χ3v) is 5.03. The van der Waals surface area contributed by atoms with Gasteiger partial charge in [-0.05, 0) is 30.2 Å². The molecule has 0 fully saturated rings. The van der Waals surface area contributed by atoms with Gasteiger partial charge in [0.25, 0.3) is 0 Å². The van der Waals surface area contributed by atoms with E-state index in [-0.39, 0.29) is 0 Å². The molecular weight excluding hydrogens is 336 g/mol. The summed E-state index contributed by atoms with van der Waals surface area (Å²) in [5.41, 5.74) is 3.61. The first-order chi connectivity index (χ1) is 11.9. The van der Waals surface area contributed by atoms with Crippen molar-refractivity contribution in [3.8, 4) is 5.69 Å². The molecule has 0 atom stereocenters. The maximum atomic E-state index is 12.1. The number of aromatic nitrogens is 3. The van der Waals surface area contributed by atoms with Crippen molar-refractivity contribution in [2.24, 2.45) is 0 Å². The SMILES string of the molecule is Cc1cn(-c2ccc(CN(Cc3ccccc3)S(C)(=O)=O)cc2)nn1. The second-order valence-corrected chi connectivity index (χ2v) is 7.97. The molecule has 0 saturated heterocycles. The predicted octanol–water partition coefficient (Wildman–Crippen LogP) is 2.54. The van der Waals surface area contributed by atoms with Crippen molar-refractivity contribution in [2.45, 2.75) is 20.0 Å². The maximum Gasteiger partial charge on any atom is 0.211 e. The lowest BCUT2D eigenvalue weighted by molar-refractivity contribution is 0.405. The molecule has 1 heterocycles. The third-order valence-electron chi connectivity index (χ3n) is 3.84. The second kappa shape index (κ2) is 7.16. The Morgan fingerprint density at radius 2 is 1.56 bits per heavy atom. The molecule has 0 unspecified atom stereocenters. The smallest absolute Gasteiger partial charge is 0.211 e. The van der Waals surface area contributed by atoms with Gasteiger partial charge in [-0.1, -0.05) is 47.7 Å². The molecule has 0 aliphatic carbocycles. The number of nitrogens with zero attached hydrogens (tertiary/aromatic N) is 4. The Bertz CT molecular complexity index is 935. The van der Waals surface area contributed by atoms with E-state index < -0.39 is 10.0 Å². The standard InChI is InChI=1S/C18H20N4O2S/c1-15-12-22(20-19-15)18-10-8-17(9-11-18)14-21(25(2,23)24)13-16-6-4-3-5-7-16/h3-12H,13-14H2,1-2H3. The van der Waals surface area contributed by atoms with Gasteiger partial charge >= 0.3 is 0 Å². The Morgan fingerprint density at radius 3 is 2.08 bits per heavy atom. The molecule has 25 heavy (non-hydrogen) atoms. The number of sulfonamides is 1. The van der Waals surface area contributed by atoms with Crippen LogP contribution in [0.1, 0.15) is 16.8 Å². The molecule has 0 aliphatic heterocycles. The van der Waals surface area contributed by atoms with Crippen LogP contribution in [0.5, 0.6) is 0 Å². The summed E-state index contributed by atoms with van der Waals surface area (Å²) >= 11 is 0. The summed E-state index contributed by atoms with van der Waals surface area (Å²) in [5, 5.41) is 8.00. The lowest BCUT2D eigenvalue weighted by atomic mass is 10.2. The fraction of sp³-hybridized carbons (Fsp3) is 0.222. The highest BCUT2D eigenvalue weighted by Gasteiger charge is 2.17. The molecule has 7 heteroatoms. The molecule has 0 radical (unpaired) electrons. The number of hydrogen-bond acceptors (Lipinski definition) is 4. The molecule has 0 spiro atoms. The van der Waals surface area contributed by atoms with Crippen LogP contribution in [0.15, 0.2) is 60.8 Å². The third kappa shape index (κ3) is 4.52. The largest absolute Gasteiger partial charge is 0.220 e. The summed E-state index contributed by atoms with van der Waals surface area (Å²) in [7, 11) is -3.31. The van der Waals surface area contributed by atoms with Crippen molar-refractivity contribution in [3.63, 3.8) is 0 Å². The van der Waals surface area contributed by atoms with Gasteiger partial charge < -0.3 is 0 Å². The molecule has 1 aromatic heterocycles. The Morgan fingerprint density at radius 1 is 0.960 bits per heavy atom. The monoisotopic (exact) mass is 356 g/mol. The highest BCUT2D eigenvalue weighted by atomic mass is 32.2. The Balaban J connectivity index is 1.78. The Hall–Kier alpha value is -2.51. The van der Waals surface area contributed by atoms with Gasteiger partial charge in [0, 0.05) is 13.1 Å². The van der Waals surface area contributed by atoms with Crippen LogP contribution in [0.4, 0.5) is 0 Å². The molecule has 3 rings (SSSR count). The number of benzene rings is 2. The van der Waals surface area contributed by atoms with E-state index in [1.54, 1.807) is 4.68 Å². The van der Waals surface area contributed by atoms with Gasteiger partial charge in [0.05, 0.1) is 23.8 Å². The zero-order chi connectivity index (χ0) is 17.9. The summed E-state index contributed by atoms with van der Waals surface area (Å²) in [6.07, 6.45) is 3.08. The molecule has 6 nitrogen and oxygen atoms in total. The second-order valence-electron chi connectivity index (χ2n) is 5.99. The van der Waals surface area contributed by atoms with Gasteiger partial charge in [0.2, 0.25) is 10.0 Å². The summed E-state index contributed by atoms with van der Waals surface area (Å²) in [6.45, 7) is 2.56. The zero-order valence-corrected chi connectivity index (χ0v) is 15.0. The topological polar surface area (TPSA) is 68.1 Å². The molecule has 0 saturated carbocycles. The Kier molecular flexibility index (Phi) is 4.96. The van der Waals surface area contributed by atoms with Crippen LogP contribution in [-0.2, 0) is 23.1 Å². The predicted molar refractivity (Wildman–Crippen MR) is 96.6 cm³/mol. The average Bonchev–Trinajstić information content (AvgIpc) is 3.01. The molecule has 0 amide bonds. The first-order valence-corrected chi connectivity index (χ1v) is 9.74. The average molecular weight is 356 g/mol. The highest BCUT2D eigenvalue weighted by molar-refractivity contribution is 7.88. The van der Waals surface area contributed by atoms with Crippen molar-refractivity contribution < 1.29 is 8.42 Å². The lowest BCUT2D eigenvalue weighted by Crippen LogP contribution is -2.29. The molecule has 130 valence electrons. The Labute approximate surface area is 147 Å².